The first-order chi connectivity index (χ1) is 12.4. The third-order valence-corrected chi connectivity index (χ3v) is 5.39. The minimum absolute atomic E-state index is 0.288. The molecule has 0 bridgehead atoms. The Morgan fingerprint density at radius 1 is 1.23 bits per heavy atom. The van der Waals surface area contributed by atoms with Crippen molar-refractivity contribution in [3.8, 4) is 0 Å². The van der Waals surface area contributed by atoms with Gasteiger partial charge in [0, 0.05) is 0 Å². The zero-order chi connectivity index (χ0) is 19.0. The first-order valence-electron chi connectivity index (χ1n) is 7.81. The number of fused-ring (bicyclic) bond motifs is 1. The number of rotatable bonds is 4. The van der Waals surface area contributed by atoms with Crippen LogP contribution < -0.4 is 11.3 Å². The topological polar surface area (TPSA) is 104 Å². The summed E-state index contributed by atoms with van der Waals surface area (Å²) in [5, 5.41) is 0.291. The summed E-state index contributed by atoms with van der Waals surface area (Å²) >= 11 is 1.08. The van der Waals surface area contributed by atoms with Gasteiger partial charge in [-0.15, -0.1) is 11.3 Å². The number of aryl methyl sites for hydroxylation is 2. The Morgan fingerprint density at radius 2 is 1.88 bits per heavy atom. The molecule has 0 aliphatic carbocycles. The number of methoxy groups -OCH3 is 1. The van der Waals surface area contributed by atoms with Gasteiger partial charge < -0.3 is 10.5 Å². The maximum absolute atomic E-state index is 13.2. The second kappa shape index (κ2) is 6.72. The predicted molar refractivity (Wildman–Crippen MR) is 98.5 cm³/mol. The molecule has 2 heterocycles. The fourth-order valence-electron chi connectivity index (χ4n) is 2.97. The Bertz CT molecular complexity index is 1070. The average molecular weight is 371 g/mol. The molecule has 2 N–H and O–H groups in total. The van der Waals surface area contributed by atoms with Crippen molar-refractivity contribution in [2.45, 2.75) is 19.9 Å². The van der Waals surface area contributed by atoms with Crippen LogP contribution in [-0.2, 0) is 9.53 Å². The predicted octanol–water partition coefficient (Wildman–Crippen LogP) is 1.94. The number of carbonyl (C=O) groups is 2. The highest BCUT2D eigenvalue weighted by atomic mass is 32.1. The summed E-state index contributed by atoms with van der Waals surface area (Å²) in [4.78, 5) is 42.4. The summed E-state index contributed by atoms with van der Waals surface area (Å²) in [5.41, 5.74) is 6.05. The number of amides is 1. The van der Waals surface area contributed by atoms with Crippen molar-refractivity contribution in [1.82, 2.24) is 9.55 Å². The lowest BCUT2D eigenvalue weighted by atomic mass is 10.1. The van der Waals surface area contributed by atoms with Gasteiger partial charge in [0.1, 0.15) is 10.7 Å². The van der Waals surface area contributed by atoms with E-state index in [0.29, 0.717) is 27.2 Å². The molecule has 0 aliphatic rings. The summed E-state index contributed by atoms with van der Waals surface area (Å²) in [6.45, 7) is 3.29. The van der Waals surface area contributed by atoms with Crippen LogP contribution in [0, 0.1) is 13.8 Å². The molecule has 0 fully saturated rings. The normalized spacial score (nSPS) is 12.1. The van der Waals surface area contributed by atoms with Gasteiger partial charge in [0.05, 0.1) is 17.4 Å². The van der Waals surface area contributed by atoms with Crippen LogP contribution in [0.3, 0.4) is 0 Å². The fourth-order valence-corrected chi connectivity index (χ4v) is 4.04. The van der Waals surface area contributed by atoms with Crippen molar-refractivity contribution in [2.75, 3.05) is 7.11 Å². The van der Waals surface area contributed by atoms with Gasteiger partial charge in [0.25, 0.3) is 11.5 Å². The van der Waals surface area contributed by atoms with Crippen molar-refractivity contribution in [1.29, 1.82) is 0 Å². The number of aromatic nitrogens is 2. The Hall–Kier alpha value is -3.00. The molecule has 3 aromatic rings. The third-order valence-electron chi connectivity index (χ3n) is 4.19. The molecule has 0 aliphatic heterocycles. The summed E-state index contributed by atoms with van der Waals surface area (Å²) in [6, 6.07) is 7.89. The van der Waals surface area contributed by atoms with Crippen LogP contribution >= 0.6 is 11.3 Å². The van der Waals surface area contributed by atoms with E-state index in [-0.39, 0.29) is 4.88 Å². The molecular formula is C18H17N3O4S. The van der Waals surface area contributed by atoms with Crippen LogP contribution in [0.2, 0.25) is 0 Å². The number of carbonyl (C=O) groups excluding carboxylic acids is 2. The molecule has 1 unspecified atom stereocenters. The van der Waals surface area contributed by atoms with Gasteiger partial charge in [-0.05, 0) is 25.0 Å². The minimum Gasteiger partial charge on any atom is -0.467 e. The summed E-state index contributed by atoms with van der Waals surface area (Å²) in [7, 11) is 1.27. The zero-order valence-electron chi connectivity index (χ0n) is 14.5. The quantitative estimate of drug-likeness (QED) is 0.706. The number of hydrogen-bond donors (Lipinski definition) is 1. The molecule has 0 radical (unpaired) electrons. The van der Waals surface area contributed by atoms with E-state index in [1.807, 2.05) is 6.07 Å². The number of benzene rings is 1. The van der Waals surface area contributed by atoms with Crippen LogP contribution in [0.15, 0.2) is 35.1 Å². The Morgan fingerprint density at radius 3 is 2.46 bits per heavy atom. The summed E-state index contributed by atoms with van der Waals surface area (Å²) in [6.07, 6.45) is 0. The van der Waals surface area contributed by atoms with Crippen molar-refractivity contribution in [3.05, 3.63) is 62.5 Å². The lowest BCUT2D eigenvalue weighted by Crippen LogP contribution is -2.34. The summed E-state index contributed by atoms with van der Waals surface area (Å²) < 4.78 is 6.22. The number of esters is 1. The van der Waals surface area contributed by atoms with Crippen molar-refractivity contribution < 1.29 is 14.3 Å². The van der Waals surface area contributed by atoms with Gasteiger partial charge in [0.15, 0.2) is 6.04 Å². The van der Waals surface area contributed by atoms with E-state index in [1.54, 1.807) is 38.1 Å². The van der Waals surface area contributed by atoms with Gasteiger partial charge in [-0.25, -0.2) is 9.78 Å². The zero-order valence-corrected chi connectivity index (χ0v) is 15.3. The monoisotopic (exact) mass is 371 g/mol. The molecule has 26 heavy (non-hydrogen) atoms. The SMILES string of the molecule is COC(=O)C(c1ccccc1)n1c(C)nc2sc(C(N)=O)c(C)c2c1=O. The molecule has 7 nitrogen and oxygen atoms in total. The Labute approximate surface area is 153 Å². The third kappa shape index (κ3) is 2.78. The van der Waals surface area contributed by atoms with E-state index >= 15 is 0 Å². The van der Waals surface area contributed by atoms with Crippen LogP contribution in [0.5, 0.6) is 0 Å². The molecule has 8 heteroatoms. The molecule has 1 aromatic carbocycles. The van der Waals surface area contributed by atoms with E-state index in [2.05, 4.69) is 4.98 Å². The number of nitrogens with zero attached hydrogens (tertiary/aromatic N) is 2. The molecule has 2 aromatic heterocycles. The van der Waals surface area contributed by atoms with Crippen molar-refractivity contribution in [3.63, 3.8) is 0 Å². The van der Waals surface area contributed by atoms with E-state index in [4.69, 9.17) is 10.5 Å². The lowest BCUT2D eigenvalue weighted by Gasteiger charge is -2.20. The molecule has 3 rings (SSSR count). The number of thiophene rings is 1. The number of nitrogens with two attached hydrogens (primary N) is 1. The van der Waals surface area contributed by atoms with Crippen LogP contribution in [-0.4, -0.2) is 28.5 Å². The van der Waals surface area contributed by atoms with Gasteiger partial charge in [0.2, 0.25) is 0 Å². The first-order valence-corrected chi connectivity index (χ1v) is 8.63. The average Bonchev–Trinajstić information content (AvgIpc) is 2.95. The maximum atomic E-state index is 13.2. The highest BCUT2D eigenvalue weighted by Gasteiger charge is 2.28. The smallest absolute Gasteiger partial charge is 0.333 e. The Kier molecular flexibility index (Phi) is 4.60. The molecule has 0 saturated carbocycles. The van der Waals surface area contributed by atoms with Gasteiger partial charge in [-0.2, -0.15) is 0 Å². The standard InChI is InChI=1S/C18H17N3O4S/c1-9-12-16(26-14(9)15(19)22)20-10(2)21(17(12)23)13(18(24)25-3)11-7-5-4-6-8-11/h4-8,13H,1-3H3,(H2,19,22). The summed E-state index contributed by atoms with van der Waals surface area (Å²) in [5.74, 6) is -0.841. The van der Waals surface area contributed by atoms with Crippen molar-refractivity contribution >= 4 is 33.4 Å². The van der Waals surface area contributed by atoms with Crippen LogP contribution in [0.1, 0.15) is 32.7 Å². The van der Waals surface area contributed by atoms with E-state index in [0.717, 1.165) is 11.3 Å². The number of ether oxygens (including phenoxy) is 1. The molecular weight excluding hydrogens is 354 g/mol. The fraction of sp³-hybridized carbons (Fsp3) is 0.222. The molecule has 0 spiro atoms. The second-order valence-corrected chi connectivity index (χ2v) is 6.77. The van der Waals surface area contributed by atoms with E-state index in [1.165, 1.54) is 11.7 Å². The molecule has 1 amide bonds. The van der Waals surface area contributed by atoms with E-state index < -0.39 is 23.5 Å². The maximum Gasteiger partial charge on any atom is 0.333 e. The molecule has 1 atom stereocenters. The largest absolute Gasteiger partial charge is 0.467 e. The van der Waals surface area contributed by atoms with Gasteiger partial charge in [-0.1, -0.05) is 30.3 Å². The second-order valence-electron chi connectivity index (χ2n) is 5.77. The van der Waals surface area contributed by atoms with Crippen molar-refractivity contribution in [2.24, 2.45) is 5.73 Å². The van der Waals surface area contributed by atoms with Gasteiger partial charge in [-0.3, -0.25) is 14.2 Å². The lowest BCUT2D eigenvalue weighted by molar-refractivity contribution is -0.143. The minimum atomic E-state index is -0.970. The molecule has 134 valence electrons. The van der Waals surface area contributed by atoms with Crippen LogP contribution in [0.25, 0.3) is 10.2 Å². The number of primary amides is 1. The van der Waals surface area contributed by atoms with E-state index in [9.17, 15) is 14.4 Å². The highest BCUT2D eigenvalue weighted by Crippen LogP contribution is 2.28. The molecule has 0 saturated heterocycles. The first kappa shape index (κ1) is 17.8. The highest BCUT2D eigenvalue weighted by molar-refractivity contribution is 7.20. The van der Waals surface area contributed by atoms with Crippen LogP contribution in [0.4, 0.5) is 0 Å². The number of hydrogen-bond acceptors (Lipinski definition) is 6. The van der Waals surface area contributed by atoms with Gasteiger partial charge >= 0.3 is 5.97 Å². The Balaban J connectivity index is 2.35.